The topological polar surface area (TPSA) is 49.9 Å². The SMILES string of the molecule is CN(CC1CCN(C(=O)CCl)C1)C(=O)OCc1ccccc1. The van der Waals surface area contributed by atoms with Gasteiger partial charge in [-0.25, -0.2) is 4.79 Å². The number of nitrogens with zero attached hydrogens (tertiary/aromatic N) is 2. The molecule has 2 amide bonds. The summed E-state index contributed by atoms with van der Waals surface area (Å²) < 4.78 is 5.28. The zero-order valence-corrected chi connectivity index (χ0v) is 13.5. The van der Waals surface area contributed by atoms with Crippen molar-refractivity contribution in [3.63, 3.8) is 0 Å². The van der Waals surface area contributed by atoms with Gasteiger partial charge >= 0.3 is 6.09 Å². The van der Waals surface area contributed by atoms with Gasteiger partial charge in [0.25, 0.3) is 0 Å². The van der Waals surface area contributed by atoms with Gasteiger partial charge < -0.3 is 14.5 Å². The first kappa shape index (κ1) is 16.6. The highest BCUT2D eigenvalue weighted by Gasteiger charge is 2.27. The van der Waals surface area contributed by atoms with Crippen LogP contribution in [-0.4, -0.2) is 54.4 Å². The van der Waals surface area contributed by atoms with E-state index >= 15 is 0 Å². The molecule has 5 nitrogen and oxygen atoms in total. The summed E-state index contributed by atoms with van der Waals surface area (Å²) >= 11 is 5.56. The summed E-state index contributed by atoms with van der Waals surface area (Å²) in [6.45, 7) is 2.22. The molecule has 1 unspecified atom stereocenters. The second-order valence-corrected chi connectivity index (χ2v) is 5.82. The van der Waals surface area contributed by atoms with Crippen LogP contribution >= 0.6 is 11.6 Å². The summed E-state index contributed by atoms with van der Waals surface area (Å²) in [7, 11) is 1.72. The fourth-order valence-electron chi connectivity index (χ4n) is 2.58. The molecule has 0 spiro atoms. The summed E-state index contributed by atoms with van der Waals surface area (Å²) in [4.78, 5) is 26.8. The van der Waals surface area contributed by atoms with Crippen LogP contribution in [0.4, 0.5) is 4.79 Å². The lowest BCUT2D eigenvalue weighted by molar-refractivity contribution is -0.127. The van der Waals surface area contributed by atoms with E-state index in [1.807, 2.05) is 30.3 Å². The van der Waals surface area contributed by atoms with Gasteiger partial charge in [-0.3, -0.25) is 4.79 Å². The number of hydrogen-bond donors (Lipinski definition) is 0. The zero-order chi connectivity index (χ0) is 15.9. The van der Waals surface area contributed by atoms with E-state index < -0.39 is 0 Å². The number of hydrogen-bond acceptors (Lipinski definition) is 3. The molecule has 6 heteroatoms. The maximum atomic E-state index is 12.0. The normalized spacial score (nSPS) is 17.4. The van der Waals surface area contributed by atoms with Crippen LogP contribution < -0.4 is 0 Å². The van der Waals surface area contributed by atoms with Gasteiger partial charge in [-0.2, -0.15) is 0 Å². The van der Waals surface area contributed by atoms with E-state index in [0.717, 1.165) is 12.0 Å². The fraction of sp³-hybridized carbons (Fsp3) is 0.500. The Balaban J connectivity index is 1.74. The number of rotatable bonds is 5. The maximum absolute atomic E-state index is 12.0. The molecule has 1 heterocycles. The molecule has 1 aromatic rings. The van der Waals surface area contributed by atoms with Crippen molar-refractivity contribution in [2.24, 2.45) is 5.92 Å². The highest BCUT2D eigenvalue weighted by Crippen LogP contribution is 2.18. The first-order chi connectivity index (χ1) is 10.6. The Labute approximate surface area is 135 Å². The van der Waals surface area contributed by atoms with Crippen LogP contribution in [0.3, 0.4) is 0 Å². The molecule has 22 heavy (non-hydrogen) atoms. The molecular weight excluding hydrogens is 304 g/mol. The molecule has 0 aromatic heterocycles. The molecule has 1 saturated heterocycles. The van der Waals surface area contributed by atoms with Crippen molar-refractivity contribution in [2.75, 3.05) is 32.6 Å². The molecule has 1 aromatic carbocycles. The molecule has 0 N–H and O–H groups in total. The molecule has 1 fully saturated rings. The average Bonchev–Trinajstić information content (AvgIpc) is 3.01. The van der Waals surface area contributed by atoms with E-state index in [1.165, 1.54) is 0 Å². The van der Waals surface area contributed by atoms with Crippen LogP contribution in [0.25, 0.3) is 0 Å². The van der Waals surface area contributed by atoms with E-state index in [2.05, 4.69) is 0 Å². The Hall–Kier alpha value is -1.75. The first-order valence-corrected chi connectivity index (χ1v) is 7.89. The van der Waals surface area contributed by atoms with Crippen LogP contribution in [0.15, 0.2) is 30.3 Å². The minimum atomic E-state index is -0.342. The average molecular weight is 325 g/mol. The Morgan fingerprint density at radius 2 is 2.09 bits per heavy atom. The number of benzene rings is 1. The van der Waals surface area contributed by atoms with E-state index in [0.29, 0.717) is 19.6 Å². The van der Waals surface area contributed by atoms with Crippen molar-refractivity contribution in [1.82, 2.24) is 9.80 Å². The lowest BCUT2D eigenvalue weighted by Gasteiger charge is -2.21. The number of ether oxygens (including phenoxy) is 1. The minimum Gasteiger partial charge on any atom is -0.445 e. The minimum absolute atomic E-state index is 0.0156. The van der Waals surface area contributed by atoms with Crippen molar-refractivity contribution in [3.05, 3.63) is 35.9 Å². The predicted molar refractivity (Wildman–Crippen MR) is 84.7 cm³/mol. The lowest BCUT2D eigenvalue weighted by atomic mass is 10.1. The van der Waals surface area contributed by atoms with Gasteiger partial charge in [-0.1, -0.05) is 30.3 Å². The third-order valence-corrected chi connectivity index (χ3v) is 4.03. The number of halogens is 1. The van der Waals surface area contributed by atoms with Gasteiger partial charge in [-0.15, -0.1) is 11.6 Å². The van der Waals surface area contributed by atoms with Crippen LogP contribution in [0, 0.1) is 5.92 Å². The third kappa shape index (κ3) is 4.63. The highest BCUT2D eigenvalue weighted by molar-refractivity contribution is 6.27. The van der Waals surface area contributed by atoms with Gasteiger partial charge in [0.2, 0.25) is 5.91 Å². The van der Waals surface area contributed by atoms with Crippen LogP contribution in [0.1, 0.15) is 12.0 Å². The van der Waals surface area contributed by atoms with Crippen molar-refractivity contribution in [2.45, 2.75) is 13.0 Å². The molecular formula is C16H21ClN2O3. The summed E-state index contributed by atoms with van der Waals surface area (Å²) in [5.74, 6) is 0.252. The molecule has 0 bridgehead atoms. The number of carbonyl (C=O) groups excluding carboxylic acids is 2. The van der Waals surface area contributed by atoms with Gasteiger partial charge in [0.05, 0.1) is 0 Å². The zero-order valence-electron chi connectivity index (χ0n) is 12.7. The largest absolute Gasteiger partial charge is 0.445 e. The highest BCUT2D eigenvalue weighted by atomic mass is 35.5. The number of carbonyl (C=O) groups is 2. The lowest BCUT2D eigenvalue weighted by Crippen LogP contribution is -2.35. The summed E-state index contributed by atoms with van der Waals surface area (Å²) in [6.07, 6.45) is 0.546. The van der Waals surface area contributed by atoms with E-state index in [9.17, 15) is 9.59 Å². The summed E-state index contributed by atoms with van der Waals surface area (Å²) in [5.41, 5.74) is 0.962. The van der Waals surface area contributed by atoms with E-state index in [1.54, 1.807) is 16.8 Å². The van der Waals surface area contributed by atoms with Crippen molar-refractivity contribution >= 4 is 23.6 Å². The maximum Gasteiger partial charge on any atom is 0.409 e. The Morgan fingerprint density at radius 3 is 2.77 bits per heavy atom. The van der Waals surface area contributed by atoms with Gasteiger partial charge in [0, 0.05) is 26.7 Å². The standard InChI is InChI=1S/C16H21ClN2O3/c1-18(10-14-7-8-19(11-14)15(20)9-17)16(21)22-12-13-5-3-2-4-6-13/h2-6,14H,7-12H2,1H3. The van der Waals surface area contributed by atoms with Crippen molar-refractivity contribution in [1.29, 1.82) is 0 Å². The van der Waals surface area contributed by atoms with Gasteiger partial charge in [0.1, 0.15) is 12.5 Å². The van der Waals surface area contributed by atoms with Gasteiger partial charge in [-0.05, 0) is 17.9 Å². The van der Waals surface area contributed by atoms with Crippen LogP contribution in [0.2, 0.25) is 0 Å². The molecule has 1 aliphatic rings. The second kappa shape index (κ2) is 8.03. The molecule has 0 saturated carbocycles. The van der Waals surface area contributed by atoms with Crippen molar-refractivity contribution < 1.29 is 14.3 Å². The molecule has 120 valence electrons. The molecule has 0 aliphatic carbocycles. The predicted octanol–water partition coefficient (Wildman–Crippen LogP) is 2.34. The number of alkyl halides is 1. The monoisotopic (exact) mass is 324 g/mol. The molecule has 0 radical (unpaired) electrons. The fourth-order valence-corrected chi connectivity index (χ4v) is 2.75. The first-order valence-electron chi connectivity index (χ1n) is 7.35. The smallest absolute Gasteiger partial charge is 0.409 e. The Morgan fingerprint density at radius 1 is 1.36 bits per heavy atom. The number of likely N-dealkylation sites (tertiary alicyclic amines) is 1. The van der Waals surface area contributed by atoms with Crippen molar-refractivity contribution in [3.8, 4) is 0 Å². The Kier molecular flexibility index (Phi) is 6.07. The Bertz CT molecular complexity index is 509. The quantitative estimate of drug-likeness (QED) is 0.781. The van der Waals surface area contributed by atoms with E-state index in [-0.39, 0.29) is 30.4 Å². The summed E-state index contributed by atoms with van der Waals surface area (Å²) in [6, 6.07) is 9.58. The van der Waals surface area contributed by atoms with E-state index in [4.69, 9.17) is 16.3 Å². The van der Waals surface area contributed by atoms with Gasteiger partial charge in [0.15, 0.2) is 0 Å². The second-order valence-electron chi connectivity index (χ2n) is 5.55. The van der Waals surface area contributed by atoms with Crippen LogP contribution in [-0.2, 0) is 16.1 Å². The summed E-state index contributed by atoms with van der Waals surface area (Å²) in [5, 5.41) is 0. The molecule has 1 atom stereocenters. The number of amides is 2. The molecule has 2 rings (SSSR count). The third-order valence-electron chi connectivity index (χ3n) is 3.80. The molecule has 1 aliphatic heterocycles. The van der Waals surface area contributed by atoms with Crippen LogP contribution in [0.5, 0.6) is 0 Å².